The number of carbonyl (C=O) groups is 2. The third-order valence-corrected chi connectivity index (χ3v) is 4.11. The molecule has 0 radical (unpaired) electrons. The quantitative estimate of drug-likeness (QED) is 0.741. The van der Waals surface area contributed by atoms with Gasteiger partial charge in [0.1, 0.15) is 23.5 Å². The van der Waals surface area contributed by atoms with E-state index in [0.29, 0.717) is 17.6 Å². The highest BCUT2D eigenvalue weighted by atomic mass is 16.2. The number of carbonyl (C=O) groups excluding carboxylic acids is 2. The van der Waals surface area contributed by atoms with Crippen LogP contribution in [0.2, 0.25) is 0 Å². The number of hydrogen-bond donors (Lipinski definition) is 2. The van der Waals surface area contributed by atoms with Gasteiger partial charge in [-0.3, -0.25) is 9.59 Å². The zero-order chi connectivity index (χ0) is 14.3. The van der Waals surface area contributed by atoms with E-state index in [-0.39, 0.29) is 11.6 Å². The van der Waals surface area contributed by atoms with E-state index >= 15 is 0 Å². The van der Waals surface area contributed by atoms with E-state index < -0.39 is 11.7 Å². The van der Waals surface area contributed by atoms with Gasteiger partial charge in [-0.2, -0.15) is 0 Å². The molecule has 0 bridgehead atoms. The van der Waals surface area contributed by atoms with Crippen LogP contribution in [0.25, 0.3) is 0 Å². The molecule has 0 unspecified atom stereocenters. The van der Waals surface area contributed by atoms with Crippen molar-refractivity contribution in [2.24, 2.45) is 5.92 Å². The van der Waals surface area contributed by atoms with Crippen molar-refractivity contribution in [1.29, 1.82) is 0 Å². The van der Waals surface area contributed by atoms with Crippen LogP contribution in [0.1, 0.15) is 23.7 Å². The summed E-state index contributed by atoms with van der Waals surface area (Å²) in [7, 11) is 1.91. The summed E-state index contributed by atoms with van der Waals surface area (Å²) in [4.78, 5) is 33.6. The van der Waals surface area contributed by atoms with Gasteiger partial charge in [0, 0.05) is 19.6 Å². The zero-order valence-corrected chi connectivity index (χ0v) is 11.5. The Balaban J connectivity index is 1.97. The molecule has 2 aliphatic rings. The van der Waals surface area contributed by atoms with Crippen LogP contribution < -0.4 is 15.5 Å². The summed E-state index contributed by atoms with van der Waals surface area (Å²) in [5, 5.41) is 5.83. The molecule has 1 saturated heterocycles. The van der Waals surface area contributed by atoms with E-state index in [1.807, 2.05) is 11.9 Å². The Labute approximate surface area is 116 Å². The number of Topliss-reactive ketones (excluding diaryl/α,β-unsaturated/α-hetero) is 1. The van der Waals surface area contributed by atoms with Gasteiger partial charge in [-0.05, 0) is 18.9 Å². The number of anilines is 2. The van der Waals surface area contributed by atoms with Gasteiger partial charge in [-0.25, -0.2) is 9.97 Å². The van der Waals surface area contributed by atoms with Crippen molar-refractivity contribution in [2.75, 3.05) is 30.4 Å². The van der Waals surface area contributed by atoms with E-state index in [0.717, 1.165) is 19.5 Å². The first-order valence-corrected chi connectivity index (χ1v) is 6.74. The molecule has 0 saturated carbocycles. The number of fused-ring (bicyclic) bond motifs is 1. The van der Waals surface area contributed by atoms with Crippen LogP contribution in [0.5, 0.6) is 0 Å². The van der Waals surface area contributed by atoms with Crippen molar-refractivity contribution < 1.29 is 9.59 Å². The normalized spacial score (nSPS) is 25.3. The summed E-state index contributed by atoms with van der Waals surface area (Å²) in [6.45, 7) is 4.03. The molecule has 2 atom stereocenters. The molecule has 2 N–H and O–H groups in total. The number of piperidine rings is 1. The van der Waals surface area contributed by atoms with Gasteiger partial charge in [-0.1, -0.05) is 6.92 Å². The molecular weight excluding hydrogens is 258 g/mol. The second-order valence-electron chi connectivity index (χ2n) is 5.35. The number of aromatic nitrogens is 2. The summed E-state index contributed by atoms with van der Waals surface area (Å²) in [6.07, 6.45) is 2.46. The second kappa shape index (κ2) is 4.82. The lowest BCUT2D eigenvalue weighted by Gasteiger charge is -2.37. The minimum Gasteiger partial charge on any atom is -0.354 e. The van der Waals surface area contributed by atoms with Gasteiger partial charge in [0.15, 0.2) is 0 Å². The maximum Gasteiger partial charge on any atom is 0.298 e. The van der Waals surface area contributed by atoms with Gasteiger partial charge in [-0.15, -0.1) is 0 Å². The summed E-state index contributed by atoms with van der Waals surface area (Å²) >= 11 is 0. The molecule has 3 heterocycles. The third kappa shape index (κ3) is 1.94. The second-order valence-corrected chi connectivity index (χ2v) is 5.35. The van der Waals surface area contributed by atoms with Crippen molar-refractivity contribution in [2.45, 2.75) is 19.4 Å². The van der Waals surface area contributed by atoms with E-state index in [4.69, 9.17) is 0 Å². The monoisotopic (exact) mass is 275 g/mol. The highest BCUT2D eigenvalue weighted by molar-refractivity contribution is 6.52. The van der Waals surface area contributed by atoms with Crippen molar-refractivity contribution in [3.63, 3.8) is 0 Å². The number of nitrogens with zero attached hydrogens (tertiary/aromatic N) is 3. The van der Waals surface area contributed by atoms with Crippen LogP contribution in [0.3, 0.4) is 0 Å². The van der Waals surface area contributed by atoms with Crippen molar-refractivity contribution >= 4 is 23.3 Å². The maximum absolute atomic E-state index is 12.0. The Morgan fingerprint density at radius 1 is 1.35 bits per heavy atom. The number of hydrogen-bond acceptors (Lipinski definition) is 6. The highest BCUT2D eigenvalue weighted by Crippen LogP contribution is 2.30. The first kappa shape index (κ1) is 13.0. The molecular formula is C13H17N5O2. The van der Waals surface area contributed by atoms with E-state index in [1.54, 1.807) is 0 Å². The Kier molecular flexibility index (Phi) is 3.13. The molecule has 1 aromatic rings. The summed E-state index contributed by atoms with van der Waals surface area (Å²) in [5.41, 5.74) is 0.290. The van der Waals surface area contributed by atoms with Gasteiger partial charge in [0.2, 0.25) is 0 Å². The largest absolute Gasteiger partial charge is 0.354 e. The molecule has 7 heteroatoms. The average molecular weight is 275 g/mol. The summed E-state index contributed by atoms with van der Waals surface area (Å²) in [5.74, 6) is 0.142. The molecule has 20 heavy (non-hydrogen) atoms. The van der Waals surface area contributed by atoms with Crippen LogP contribution in [0, 0.1) is 5.92 Å². The lowest BCUT2D eigenvalue weighted by Crippen LogP contribution is -2.49. The number of amides is 1. The zero-order valence-electron chi connectivity index (χ0n) is 11.5. The lowest BCUT2D eigenvalue weighted by atomic mass is 9.93. The Hall–Kier alpha value is -2.02. The topological polar surface area (TPSA) is 87.2 Å². The van der Waals surface area contributed by atoms with Crippen molar-refractivity contribution in [3.8, 4) is 0 Å². The minimum atomic E-state index is -0.634. The molecule has 0 aliphatic carbocycles. The fraction of sp³-hybridized carbons (Fsp3) is 0.538. The van der Waals surface area contributed by atoms with E-state index in [9.17, 15) is 9.59 Å². The fourth-order valence-corrected chi connectivity index (χ4v) is 2.87. The summed E-state index contributed by atoms with van der Waals surface area (Å²) in [6, 6.07) is 0.242. The molecule has 3 rings (SSSR count). The first-order valence-electron chi connectivity index (χ1n) is 6.74. The lowest BCUT2D eigenvalue weighted by molar-refractivity contribution is -0.112. The molecule has 1 aromatic heterocycles. The Morgan fingerprint density at radius 2 is 2.15 bits per heavy atom. The minimum absolute atomic E-state index is 0.242. The van der Waals surface area contributed by atoms with Gasteiger partial charge in [0.25, 0.3) is 11.7 Å². The number of nitrogens with one attached hydrogen (secondary N) is 2. The van der Waals surface area contributed by atoms with Crippen LogP contribution in [-0.2, 0) is 4.79 Å². The molecule has 2 aliphatic heterocycles. The number of rotatable bonds is 2. The predicted octanol–water partition coefficient (Wildman–Crippen LogP) is 0.0456. The standard InChI is InChI=1S/C13H17N5O2/c1-7-3-4-14-5-8(7)18(2)12-9-10(19)13(20)17-11(9)15-6-16-12/h6-8,14H,3-5H2,1-2H3,(H,15,16,17,19,20)/t7-,8+/m1/s1. The van der Waals surface area contributed by atoms with Crippen molar-refractivity contribution in [1.82, 2.24) is 15.3 Å². The van der Waals surface area contributed by atoms with Gasteiger partial charge >= 0.3 is 0 Å². The Morgan fingerprint density at radius 3 is 2.90 bits per heavy atom. The van der Waals surface area contributed by atoms with Gasteiger partial charge < -0.3 is 15.5 Å². The fourth-order valence-electron chi connectivity index (χ4n) is 2.87. The van der Waals surface area contributed by atoms with Crippen molar-refractivity contribution in [3.05, 3.63) is 11.9 Å². The SMILES string of the molecule is C[C@@H]1CCNC[C@@H]1N(C)c1ncnc2c1C(=O)C(=O)N2. The highest BCUT2D eigenvalue weighted by Gasteiger charge is 2.36. The van der Waals surface area contributed by atoms with E-state index in [1.165, 1.54) is 6.33 Å². The first-order chi connectivity index (χ1) is 9.59. The molecule has 0 spiro atoms. The van der Waals surface area contributed by atoms with Gasteiger partial charge in [0.05, 0.1) is 0 Å². The summed E-state index contributed by atoms with van der Waals surface area (Å²) < 4.78 is 0. The molecule has 1 amide bonds. The average Bonchev–Trinajstić information content (AvgIpc) is 2.74. The van der Waals surface area contributed by atoms with Crippen LogP contribution in [-0.4, -0.2) is 47.8 Å². The molecule has 1 fully saturated rings. The molecule has 0 aromatic carbocycles. The predicted molar refractivity (Wildman–Crippen MR) is 73.8 cm³/mol. The Bertz CT molecular complexity index is 574. The smallest absolute Gasteiger partial charge is 0.298 e. The van der Waals surface area contributed by atoms with E-state index in [2.05, 4.69) is 27.5 Å². The van der Waals surface area contributed by atoms with Crippen LogP contribution >= 0.6 is 0 Å². The van der Waals surface area contributed by atoms with Crippen LogP contribution in [0.15, 0.2) is 6.33 Å². The van der Waals surface area contributed by atoms with Crippen LogP contribution in [0.4, 0.5) is 11.6 Å². The molecule has 7 nitrogen and oxygen atoms in total. The number of likely N-dealkylation sites (N-methyl/N-ethyl adjacent to an activating group) is 1. The maximum atomic E-state index is 12.0. The third-order valence-electron chi connectivity index (χ3n) is 4.11. The number of ketones is 1. The molecule has 106 valence electrons.